The topological polar surface area (TPSA) is 63.9 Å². The predicted octanol–water partition coefficient (Wildman–Crippen LogP) is 3.67. The van der Waals surface area contributed by atoms with Crippen LogP contribution < -0.4 is 0 Å². The van der Waals surface area contributed by atoms with Crippen molar-refractivity contribution in [2.24, 2.45) is 0 Å². The minimum atomic E-state index is -0.0287. The minimum Gasteiger partial charge on any atom is -0.336 e. The van der Waals surface area contributed by atoms with Crippen LogP contribution in [0.1, 0.15) is 11.1 Å². The predicted molar refractivity (Wildman–Crippen MR) is 113 cm³/mol. The van der Waals surface area contributed by atoms with Crippen molar-refractivity contribution in [3.05, 3.63) is 88.6 Å². The van der Waals surface area contributed by atoms with Crippen LogP contribution >= 0.6 is 11.3 Å². The summed E-state index contributed by atoms with van der Waals surface area (Å²) in [5.74, 6) is 0.511. The van der Waals surface area contributed by atoms with Crippen LogP contribution in [0, 0.1) is 0 Å². The summed E-state index contributed by atoms with van der Waals surface area (Å²) in [6.45, 7) is 1.25. The monoisotopic (exact) mass is 403 g/mol. The van der Waals surface area contributed by atoms with Crippen molar-refractivity contribution >= 4 is 17.2 Å². The van der Waals surface area contributed by atoms with Gasteiger partial charge in [0.25, 0.3) is 0 Å². The van der Waals surface area contributed by atoms with Gasteiger partial charge < -0.3 is 4.90 Å². The van der Waals surface area contributed by atoms with Gasteiger partial charge in [-0.3, -0.25) is 4.79 Å². The molecule has 29 heavy (non-hydrogen) atoms. The van der Waals surface area contributed by atoms with Crippen molar-refractivity contribution in [3.8, 4) is 11.4 Å². The molecule has 0 N–H and O–H groups in total. The molecule has 6 nitrogen and oxygen atoms in total. The fourth-order valence-electron chi connectivity index (χ4n) is 3.04. The molecule has 0 aliphatic rings. The molecule has 0 atom stereocenters. The molecule has 0 saturated carbocycles. The smallest absolute Gasteiger partial charge is 0.246 e. The molecular weight excluding hydrogens is 382 g/mol. The second-order valence-corrected chi connectivity index (χ2v) is 7.47. The zero-order valence-corrected chi connectivity index (χ0v) is 16.7. The van der Waals surface area contributed by atoms with Crippen LogP contribution in [0.3, 0.4) is 0 Å². The standard InChI is InChI=1S/C22H21N5OS/c28-21(16-27-24-22(23-25-27)20-12-14-29-17-20)26(15-19-9-5-2-6-10-19)13-11-18-7-3-1-4-8-18/h1-10,12,14,17H,11,13,15-16H2. The summed E-state index contributed by atoms with van der Waals surface area (Å²) in [4.78, 5) is 16.3. The van der Waals surface area contributed by atoms with E-state index in [1.807, 2.05) is 70.3 Å². The van der Waals surface area contributed by atoms with Gasteiger partial charge in [-0.2, -0.15) is 16.1 Å². The number of amides is 1. The quantitative estimate of drug-likeness (QED) is 0.450. The van der Waals surface area contributed by atoms with Crippen LogP contribution in [0.5, 0.6) is 0 Å². The van der Waals surface area contributed by atoms with E-state index in [1.54, 1.807) is 11.3 Å². The average molecular weight is 404 g/mol. The number of aromatic nitrogens is 4. The number of tetrazole rings is 1. The third kappa shape index (κ3) is 5.14. The summed E-state index contributed by atoms with van der Waals surface area (Å²) >= 11 is 1.58. The number of nitrogens with zero attached hydrogens (tertiary/aromatic N) is 5. The van der Waals surface area contributed by atoms with Gasteiger partial charge in [0.2, 0.25) is 11.7 Å². The number of benzene rings is 2. The van der Waals surface area contributed by atoms with Crippen molar-refractivity contribution in [3.63, 3.8) is 0 Å². The molecule has 146 valence electrons. The first-order valence-electron chi connectivity index (χ1n) is 9.44. The molecule has 0 spiro atoms. The largest absolute Gasteiger partial charge is 0.336 e. The van der Waals surface area contributed by atoms with Gasteiger partial charge in [-0.25, -0.2) is 0 Å². The molecule has 0 saturated heterocycles. The van der Waals surface area contributed by atoms with E-state index >= 15 is 0 Å². The molecule has 0 aliphatic heterocycles. The Hall–Kier alpha value is -3.32. The fraction of sp³-hybridized carbons (Fsp3) is 0.182. The third-order valence-corrected chi connectivity index (χ3v) is 5.27. The summed E-state index contributed by atoms with van der Waals surface area (Å²) < 4.78 is 0. The van der Waals surface area contributed by atoms with E-state index in [0.717, 1.165) is 17.5 Å². The Labute approximate surface area is 173 Å². The van der Waals surface area contributed by atoms with Crippen molar-refractivity contribution < 1.29 is 4.79 Å². The maximum atomic E-state index is 13.0. The van der Waals surface area contributed by atoms with Gasteiger partial charge in [-0.1, -0.05) is 60.7 Å². The summed E-state index contributed by atoms with van der Waals surface area (Å²) in [5.41, 5.74) is 3.22. The molecule has 0 aliphatic carbocycles. The van der Waals surface area contributed by atoms with Crippen molar-refractivity contribution in [1.82, 2.24) is 25.1 Å². The van der Waals surface area contributed by atoms with Crippen molar-refractivity contribution in [2.75, 3.05) is 6.54 Å². The van der Waals surface area contributed by atoms with E-state index < -0.39 is 0 Å². The lowest BCUT2D eigenvalue weighted by Crippen LogP contribution is -2.35. The molecule has 0 radical (unpaired) electrons. The Morgan fingerprint density at radius 1 is 0.966 bits per heavy atom. The molecule has 2 heterocycles. The highest BCUT2D eigenvalue weighted by Gasteiger charge is 2.17. The fourth-order valence-corrected chi connectivity index (χ4v) is 3.68. The Morgan fingerprint density at radius 3 is 2.38 bits per heavy atom. The number of carbonyl (C=O) groups excluding carboxylic acids is 1. The van der Waals surface area contributed by atoms with E-state index in [4.69, 9.17) is 0 Å². The molecule has 2 aromatic carbocycles. The van der Waals surface area contributed by atoms with E-state index in [0.29, 0.717) is 18.9 Å². The lowest BCUT2D eigenvalue weighted by atomic mass is 10.1. The van der Waals surface area contributed by atoms with Gasteiger partial charge in [0.15, 0.2) is 0 Å². The summed E-state index contributed by atoms with van der Waals surface area (Å²) in [7, 11) is 0. The second kappa shape index (κ2) is 9.25. The molecule has 4 aromatic rings. The van der Waals surface area contributed by atoms with Crippen LogP contribution in [-0.4, -0.2) is 37.6 Å². The van der Waals surface area contributed by atoms with Gasteiger partial charge in [0.1, 0.15) is 6.54 Å². The molecule has 7 heteroatoms. The zero-order chi connectivity index (χ0) is 19.9. The highest BCUT2D eigenvalue weighted by molar-refractivity contribution is 7.08. The van der Waals surface area contributed by atoms with E-state index in [1.165, 1.54) is 10.4 Å². The Balaban J connectivity index is 1.46. The Kier molecular flexibility index (Phi) is 6.07. The van der Waals surface area contributed by atoms with Crippen LogP contribution in [-0.2, 0) is 24.3 Å². The maximum Gasteiger partial charge on any atom is 0.246 e. The van der Waals surface area contributed by atoms with Crippen LogP contribution in [0.15, 0.2) is 77.5 Å². The lowest BCUT2D eigenvalue weighted by Gasteiger charge is -2.22. The summed E-state index contributed by atoms with van der Waals surface area (Å²) in [5, 5.41) is 16.4. The van der Waals surface area contributed by atoms with Gasteiger partial charge >= 0.3 is 0 Å². The average Bonchev–Trinajstić information content (AvgIpc) is 3.44. The molecular formula is C22H21N5OS. The maximum absolute atomic E-state index is 13.0. The molecule has 0 bridgehead atoms. The third-order valence-electron chi connectivity index (χ3n) is 4.59. The van der Waals surface area contributed by atoms with E-state index in [9.17, 15) is 4.79 Å². The number of hydrogen-bond donors (Lipinski definition) is 0. The Bertz CT molecular complexity index is 1030. The SMILES string of the molecule is O=C(Cn1nnc(-c2ccsc2)n1)N(CCc1ccccc1)Cc1ccccc1. The zero-order valence-electron chi connectivity index (χ0n) is 15.9. The van der Waals surface area contributed by atoms with Gasteiger partial charge in [0.05, 0.1) is 0 Å². The highest BCUT2D eigenvalue weighted by Crippen LogP contribution is 2.16. The van der Waals surface area contributed by atoms with Crippen LogP contribution in [0.4, 0.5) is 0 Å². The van der Waals surface area contributed by atoms with Gasteiger partial charge in [-0.15, -0.1) is 10.2 Å². The first-order chi connectivity index (χ1) is 14.3. The van der Waals surface area contributed by atoms with Crippen molar-refractivity contribution in [2.45, 2.75) is 19.5 Å². The first kappa shape index (κ1) is 19.0. The number of hydrogen-bond acceptors (Lipinski definition) is 5. The van der Waals surface area contributed by atoms with Crippen LogP contribution in [0.25, 0.3) is 11.4 Å². The van der Waals surface area contributed by atoms with Gasteiger partial charge in [0, 0.05) is 24.0 Å². The number of rotatable bonds is 8. The van der Waals surface area contributed by atoms with Crippen molar-refractivity contribution in [1.29, 1.82) is 0 Å². The molecule has 0 unspecified atom stereocenters. The van der Waals surface area contributed by atoms with Crippen LogP contribution in [0.2, 0.25) is 0 Å². The molecule has 1 amide bonds. The van der Waals surface area contributed by atoms with E-state index in [2.05, 4.69) is 27.5 Å². The molecule has 4 rings (SSSR count). The first-order valence-corrected chi connectivity index (χ1v) is 10.4. The minimum absolute atomic E-state index is 0.0287. The summed E-state index contributed by atoms with van der Waals surface area (Å²) in [6.07, 6.45) is 0.796. The molecule has 2 aromatic heterocycles. The lowest BCUT2D eigenvalue weighted by molar-refractivity contribution is -0.132. The normalized spacial score (nSPS) is 10.8. The second-order valence-electron chi connectivity index (χ2n) is 6.69. The van der Waals surface area contributed by atoms with E-state index in [-0.39, 0.29) is 12.5 Å². The Morgan fingerprint density at radius 2 is 1.69 bits per heavy atom. The van der Waals surface area contributed by atoms with Gasteiger partial charge in [-0.05, 0) is 34.2 Å². The summed E-state index contributed by atoms with van der Waals surface area (Å²) in [6, 6.07) is 22.2. The number of thiophene rings is 1. The number of carbonyl (C=O) groups is 1. The molecule has 0 fully saturated rings. The highest BCUT2D eigenvalue weighted by atomic mass is 32.1.